The third kappa shape index (κ3) is 5.36. The maximum atomic E-state index is 13.1. The molecule has 0 saturated carbocycles. The van der Waals surface area contributed by atoms with Gasteiger partial charge in [0.2, 0.25) is 16.1 Å². The summed E-state index contributed by atoms with van der Waals surface area (Å²) in [5.74, 6) is -2.07. The van der Waals surface area contributed by atoms with Crippen molar-refractivity contribution in [2.75, 3.05) is 6.54 Å². The first-order valence-corrected chi connectivity index (χ1v) is 9.74. The summed E-state index contributed by atoms with van der Waals surface area (Å²) in [6.07, 6.45) is -1.69. The first-order chi connectivity index (χ1) is 13.5. The molecule has 0 aromatic heterocycles. The Bertz CT molecular complexity index is 994. The highest BCUT2D eigenvalue weighted by Gasteiger charge is 2.48. The predicted octanol–water partition coefficient (Wildman–Crippen LogP) is 3.44. The smallest absolute Gasteiger partial charge is 0.430 e. The van der Waals surface area contributed by atoms with Gasteiger partial charge in [0.15, 0.2) is 0 Å². The number of fused-ring (bicyclic) bond motifs is 1. The molecule has 0 aliphatic carbocycles. The fourth-order valence-electron chi connectivity index (χ4n) is 2.58. The molecule has 1 aliphatic rings. The zero-order valence-corrected chi connectivity index (χ0v) is 15.9. The quantitative estimate of drug-likeness (QED) is 0.618. The lowest BCUT2D eigenvalue weighted by Gasteiger charge is -2.27. The number of rotatable bonds is 8. The molecule has 1 aromatic rings. The minimum absolute atomic E-state index is 0.0496. The van der Waals surface area contributed by atoms with Crippen molar-refractivity contribution >= 4 is 22.1 Å². The molecule has 0 spiro atoms. The van der Waals surface area contributed by atoms with Crippen molar-refractivity contribution in [3.05, 3.63) is 66.3 Å². The summed E-state index contributed by atoms with van der Waals surface area (Å²) in [5, 5.41) is 9.06. The van der Waals surface area contributed by atoms with Gasteiger partial charge in [-0.25, -0.2) is 17.9 Å². The number of carboxylic acids is 1. The monoisotopic (exact) mass is 429 g/mol. The Labute approximate surface area is 165 Å². The number of hydrogen-bond donors (Lipinski definition) is 2. The molecular formula is C19H18F3NO5S. The van der Waals surface area contributed by atoms with Crippen LogP contribution in [0.15, 0.2) is 65.6 Å². The van der Waals surface area contributed by atoms with Gasteiger partial charge in [0.05, 0.1) is 10.5 Å². The van der Waals surface area contributed by atoms with E-state index in [4.69, 9.17) is 9.84 Å². The van der Waals surface area contributed by atoms with Crippen LogP contribution in [0, 0.1) is 0 Å². The Morgan fingerprint density at radius 1 is 1.31 bits per heavy atom. The Kier molecular flexibility index (Phi) is 6.70. The molecule has 0 bridgehead atoms. The van der Waals surface area contributed by atoms with Crippen LogP contribution < -0.4 is 9.46 Å². The van der Waals surface area contributed by atoms with Crippen molar-refractivity contribution in [1.29, 1.82) is 0 Å². The molecule has 6 nitrogen and oxygen atoms in total. The van der Waals surface area contributed by atoms with Gasteiger partial charge in [-0.05, 0) is 36.3 Å². The van der Waals surface area contributed by atoms with Gasteiger partial charge in [-0.3, -0.25) is 0 Å². The van der Waals surface area contributed by atoms with E-state index in [0.29, 0.717) is 6.42 Å². The summed E-state index contributed by atoms with van der Waals surface area (Å²) in [6.45, 7) is 7.19. The fourth-order valence-corrected chi connectivity index (χ4v) is 3.65. The summed E-state index contributed by atoms with van der Waals surface area (Å²) >= 11 is 0. The van der Waals surface area contributed by atoms with Gasteiger partial charge in [0.1, 0.15) is 5.75 Å². The van der Waals surface area contributed by atoms with Crippen LogP contribution in [-0.2, 0) is 14.8 Å². The maximum Gasteiger partial charge on any atom is 0.430 e. The number of aliphatic carboxylic acids is 1. The van der Waals surface area contributed by atoms with Crippen molar-refractivity contribution in [2.45, 2.75) is 23.6 Å². The van der Waals surface area contributed by atoms with Crippen molar-refractivity contribution in [2.24, 2.45) is 0 Å². The normalized spacial score (nSPS) is 17.0. The molecule has 0 radical (unpaired) electrons. The molecule has 2 N–H and O–H groups in total. The maximum absolute atomic E-state index is 13.1. The van der Waals surface area contributed by atoms with Gasteiger partial charge < -0.3 is 9.84 Å². The van der Waals surface area contributed by atoms with E-state index in [1.165, 1.54) is 6.08 Å². The Morgan fingerprint density at radius 3 is 2.55 bits per heavy atom. The zero-order valence-electron chi connectivity index (χ0n) is 15.1. The Morgan fingerprint density at radius 2 is 2.00 bits per heavy atom. The first-order valence-electron chi connectivity index (χ1n) is 8.25. The molecule has 1 heterocycles. The minimum atomic E-state index is -4.93. The molecule has 0 fully saturated rings. The highest BCUT2D eigenvalue weighted by atomic mass is 32.2. The second kappa shape index (κ2) is 8.66. The Balaban J connectivity index is 2.29. The van der Waals surface area contributed by atoms with Crippen LogP contribution in [0.5, 0.6) is 5.75 Å². The van der Waals surface area contributed by atoms with E-state index in [9.17, 15) is 26.4 Å². The number of carboxylic acid groups (broad SMARTS) is 1. The third-order valence-electron chi connectivity index (χ3n) is 3.97. The number of hydrogen-bond acceptors (Lipinski definition) is 4. The average molecular weight is 429 g/mol. The molecule has 1 aromatic carbocycles. The first kappa shape index (κ1) is 22.4. The largest absolute Gasteiger partial charge is 0.478 e. The molecule has 0 amide bonds. The lowest BCUT2D eigenvalue weighted by Crippen LogP contribution is -2.40. The zero-order chi connectivity index (χ0) is 21.8. The number of allylic oxidation sites excluding steroid dienone is 3. The molecule has 1 atom stereocenters. The van der Waals surface area contributed by atoms with E-state index >= 15 is 0 Å². The van der Waals surface area contributed by atoms with Crippen LogP contribution in [0.25, 0.3) is 6.08 Å². The number of carbonyl (C=O) groups is 1. The lowest BCUT2D eigenvalue weighted by atomic mass is 10.0. The van der Waals surface area contributed by atoms with Gasteiger partial charge >= 0.3 is 12.1 Å². The molecular weight excluding hydrogens is 411 g/mol. The number of sulfonamides is 1. The second-order valence-electron chi connectivity index (χ2n) is 5.97. The van der Waals surface area contributed by atoms with Gasteiger partial charge in [-0.2, -0.15) is 13.2 Å². The highest BCUT2D eigenvalue weighted by molar-refractivity contribution is 7.89. The van der Waals surface area contributed by atoms with Crippen LogP contribution >= 0.6 is 0 Å². The van der Waals surface area contributed by atoms with Gasteiger partial charge in [-0.15, -0.1) is 0 Å². The summed E-state index contributed by atoms with van der Waals surface area (Å²) in [5.41, 5.74) is -0.351. The van der Waals surface area contributed by atoms with Gasteiger partial charge in [-0.1, -0.05) is 31.4 Å². The van der Waals surface area contributed by atoms with E-state index in [1.807, 2.05) is 0 Å². The van der Waals surface area contributed by atoms with Gasteiger partial charge in [0.25, 0.3) is 0 Å². The van der Waals surface area contributed by atoms with Crippen LogP contribution in [-0.4, -0.2) is 38.3 Å². The van der Waals surface area contributed by atoms with Crippen LogP contribution in [0.2, 0.25) is 0 Å². The molecule has 2 rings (SSSR count). The number of alkyl halides is 3. The Hall–Kier alpha value is -2.85. The number of halogens is 3. The summed E-state index contributed by atoms with van der Waals surface area (Å²) in [4.78, 5) is 11.0. The molecule has 10 heteroatoms. The van der Waals surface area contributed by atoms with Crippen LogP contribution in [0.4, 0.5) is 13.2 Å². The van der Waals surface area contributed by atoms with Crippen LogP contribution in [0.1, 0.15) is 12.0 Å². The van der Waals surface area contributed by atoms with Crippen molar-refractivity contribution < 1.29 is 36.2 Å². The van der Waals surface area contributed by atoms with Crippen molar-refractivity contribution in [3.8, 4) is 5.75 Å². The number of benzene rings is 1. The molecule has 0 saturated heterocycles. The second-order valence-corrected chi connectivity index (χ2v) is 7.74. The number of nitrogens with one attached hydrogen (secondary N) is 1. The summed E-state index contributed by atoms with van der Waals surface area (Å²) < 4.78 is 71.2. The summed E-state index contributed by atoms with van der Waals surface area (Å²) in [7, 11) is -3.98. The molecule has 29 heavy (non-hydrogen) atoms. The minimum Gasteiger partial charge on any atom is -0.478 e. The fraction of sp³-hybridized carbons (Fsp3) is 0.211. The highest BCUT2D eigenvalue weighted by Crippen LogP contribution is 2.38. The average Bonchev–Trinajstić information content (AvgIpc) is 2.64. The SMILES string of the molecule is C=C/C=C(\C=C)CCNS(=O)(=O)c1ccc2c(c1)C=C(C(=O)O)C(C(F)(F)F)O2. The molecule has 156 valence electrons. The van der Waals surface area contributed by atoms with E-state index < -0.39 is 33.8 Å². The predicted molar refractivity (Wildman–Crippen MR) is 101 cm³/mol. The number of ether oxygens (including phenoxy) is 1. The molecule has 1 aliphatic heterocycles. The van der Waals surface area contributed by atoms with E-state index in [0.717, 1.165) is 29.8 Å². The third-order valence-corrected chi connectivity index (χ3v) is 5.43. The van der Waals surface area contributed by atoms with Crippen molar-refractivity contribution in [1.82, 2.24) is 4.72 Å². The lowest BCUT2D eigenvalue weighted by molar-refractivity contribution is -0.187. The standard InChI is InChI=1S/C19H18F3NO5S/c1-3-5-12(4-2)8-9-23-29(26,27)14-6-7-16-13(10-14)11-15(18(24)25)17(28-16)19(20,21)22/h3-7,10-11,17,23H,1-2,8-9H2,(H,24,25)/b12-5+. The van der Waals surface area contributed by atoms with E-state index in [1.54, 1.807) is 12.2 Å². The summed E-state index contributed by atoms with van der Waals surface area (Å²) in [6, 6.07) is 3.20. The molecule has 1 unspecified atom stereocenters. The van der Waals surface area contributed by atoms with E-state index in [-0.39, 0.29) is 22.8 Å². The van der Waals surface area contributed by atoms with Gasteiger partial charge in [0, 0.05) is 12.1 Å². The van der Waals surface area contributed by atoms with E-state index in [2.05, 4.69) is 17.9 Å². The van der Waals surface area contributed by atoms with Crippen LogP contribution in [0.3, 0.4) is 0 Å². The van der Waals surface area contributed by atoms with Crippen molar-refractivity contribution in [3.63, 3.8) is 0 Å². The topological polar surface area (TPSA) is 92.7 Å².